The number of hydrogen-bond acceptors (Lipinski definition) is 3. The largest absolute Gasteiger partial charge is 0.481 e. The summed E-state index contributed by atoms with van der Waals surface area (Å²) < 4.78 is 5.65. The molecule has 1 aromatic rings. The second kappa shape index (κ2) is 7.46. The van der Waals surface area contributed by atoms with Gasteiger partial charge >= 0.3 is 0 Å². The van der Waals surface area contributed by atoms with E-state index in [0.717, 1.165) is 37.7 Å². The highest BCUT2D eigenvalue weighted by Crippen LogP contribution is 2.18. The minimum absolute atomic E-state index is 0.149. The number of hydrogen-bond donors (Lipinski definition) is 2. The summed E-state index contributed by atoms with van der Waals surface area (Å²) >= 11 is 0. The molecule has 116 valence electrons. The van der Waals surface area contributed by atoms with Crippen LogP contribution in [-0.4, -0.2) is 29.3 Å². The van der Waals surface area contributed by atoms with Gasteiger partial charge in [-0.3, -0.25) is 4.79 Å². The molecule has 0 aromatic heterocycles. The highest BCUT2D eigenvalue weighted by atomic mass is 16.5. The molecule has 1 saturated carbocycles. The maximum atomic E-state index is 12.2. The Bertz CT molecular complexity index is 458. The normalized spacial score (nSPS) is 24.0. The smallest absolute Gasteiger partial charge is 0.261 e. The number of aliphatic hydroxyl groups excluding tert-OH is 1. The van der Waals surface area contributed by atoms with Gasteiger partial charge in [-0.2, -0.15) is 0 Å². The fourth-order valence-electron chi connectivity index (χ4n) is 2.63. The van der Waals surface area contributed by atoms with E-state index in [1.54, 1.807) is 6.92 Å². The van der Waals surface area contributed by atoms with Crippen LogP contribution in [0.15, 0.2) is 24.3 Å². The zero-order valence-corrected chi connectivity index (χ0v) is 12.8. The molecule has 0 bridgehead atoms. The summed E-state index contributed by atoms with van der Waals surface area (Å²) in [6.45, 7) is 3.74. The molecule has 3 unspecified atom stereocenters. The minimum Gasteiger partial charge on any atom is -0.481 e. The van der Waals surface area contributed by atoms with Crippen molar-refractivity contribution in [2.75, 3.05) is 0 Å². The van der Waals surface area contributed by atoms with Gasteiger partial charge in [0.2, 0.25) is 0 Å². The van der Waals surface area contributed by atoms with Crippen LogP contribution < -0.4 is 10.1 Å². The predicted molar refractivity (Wildman–Crippen MR) is 82.3 cm³/mol. The fraction of sp³-hybridized carbons (Fsp3) is 0.588. The molecule has 21 heavy (non-hydrogen) atoms. The molecule has 0 saturated heterocycles. The van der Waals surface area contributed by atoms with Crippen molar-refractivity contribution < 1.29 is 14.6 Å². The molecule has 1 fully saturated rings. The Morgan fingerprint density at radius 2 is 1.90 bits per heavy atom. The third-order valence-electron chi connectivity index (χ3n) is 4.01. The molecule has 0 spiro atoms. The number of carbonyl (C=O) groups is 1. The monoisotopic (exact) mass is 291 g/mol. The van der Waals surface area contributed by atoms with E-state index in [0.29, 0.717) is 5.75 Å². The van der Waals surface area contributed by atoms with Crippen LogP contribution in [0.3, 0.4) is 0 Å². The third kappa shape index (κ3) is 4.74. The third-order valence-corrected chi connectivity index (χ3v) is 4.01. The maximum absolute atomic E-state index is 12.2. The van der Waals surface area contributed by atoms with Gasteiger partial charge in [0, 0.05) is 0 Å². The lowest BCUT2D eigenvalue weighted by Gasteiger charge is -2.24. The molecule has 0 heterocycles. The Morgan fingerprint density at radius 1 is 1.24 bits per heavy atom. The topological polar surface area (TPSA) is 58.6 Å². The van der Waals surface area contributed by atoms with Crippen LogP contribution in [-0.2, 0) is 4.79 Å². The Balaban J connectivity index is 1.88. The summed E-state index contributed by atoms with van der Waals surface area (Å²) in [6, 6.07) is 7.48. The summed E-state index contributed by atoms with van der Waals surface area (Å²) in [5.74, 6) is 0.520. The maximum Gasteiger partial charge on any atom is 0.261 e. The molecular formula is C17H25NO3. The van der Waals surface area contributed by atoms with Crippen LogP contribution in [0.25, 0.3) is 0 Å². The van der Waals surface area contributed by atoms with Gasteiger partial charge in [-0.15, -0.1) is 0 Å². The first-order chi connectivity index (χ1) is 10.1. The number of amides is 1. The molecule has 1 amide bonds. The first kappa shape index (κ1) is 15.8. The lowest BCUT2D eigenvalue weighted by molar-refractivity contribution is -0.128. The van der Waals surface area contributed by atoms with Crippen LogP contribution in [0, 0.1) is 6.92 Å². The number of benzene rings is 1. The van der Waals surface area contributed by atoms with Gasteiger partial charge in [-0.25, -0.2) is 0 Å². The number of aliphatic hydroxyl groups is 1. The van der Waals surface area contributed by atoms with Gasteiger partial charge in [-0.05, 0) is 38.8 Å². The molecule has 4 heteroatoms. The van der Waals surface area contributed by atoms with Crippen molar-refractivity contribution in [3.05, 3.63) is 29.8 Å². The summed E-state index contributed by atoms with van der Waals surface area (Å²) in [6.07, 6.45) is 3.80. The van der Waals surface area contributed by atoms with Gasteiger partial charge < -0.3 is 15.2 Å². The van der Waals surface area contributed by atoms with Gasteiger partial charge in [0.15, 0.2) is 6.10 Å². The van der Waals surface area contributed by atoms with Crippen LogP contribution in [0.2, 0.25) is 0 Å². The van der Waals surface area contributed by atoms with Crippen LogP contribution >= 0.6 is 0 Å². The molecule has 0 aliphatic heterocycles. The standard InChI is InChI=1S/C17H25NO3/c1-12-8-10-14(11-9-12)21-13(2)17(20)18-15-6-4-3-5-7-16(15)19/h8-11,13,15-16,19H,3-7H2,1-2H3,(H,18,20). The zero-order valence-electron chi connectivity index (χ0n) is 12.8. The second-order valence-corrected chi connectivity index (χ2v) is 5.89. The fourth-order valence-corrected chi connectivity index (χ4v) is 2.63. The highest BCUT2D eigenvalue weighted by Gasteiger charge is 2.25. The van der Waals surface area contributed by atoms with E-state index >= 15 is 0 Å². The van der Waals surface area contributed by atoms with Crippen molar-refractivity contribution in [1.82, 2.24) is 5.32 Å². The molecule has 3 atom stereocenters. The molecule has 1 aliphatic rings. The van der Waals surface area contributed by atoms with Crippen molar-refractivity contribution in [3.63, 3.8) is 0 Å². The lowest BCUT2D eigenvalue weighted by Crippen LogP contribution is -2.47. The van der Waals surface area contributed by atoms with Gasteiger partial charge in [0.1, 0.15) is 5.75 Å². The molecule has 0 radical (unpaired) electrons. The average molecular weight is 291 g/mol. The van der Waals surface area contributed by atoms with Crippen molar-refractivity contribution in [1.29, 1.82) is 0 Å². The summed E-state index contributed by atoms with van der Waals surface area (Å²) in [5, 5.41) is 13.0. The Kier molecular flexibility index (Phi) is 5.62. The summed E-state index contributed by atoms with van der Waals surface area (Å²) in [5.41, 5.74) is 1.15. The van der Waals surface area contributed by atoms with E-state index in [1.165, 1.54) is 0 Å². The van der Waals surface area contributed by atoms with E-state index in [-0.39, 0.29) is 11.9 Å². The Labute approximate surface area is 126 Å². The number of carbonyl (C=O) groups excluding carboxylic acids is 1. The van der Waals surface area contributed by atoms with Gasteiger partial charge in [0.05, 0.1) is 12.1 Å². The minimum atomic E-state index is -0.567. The molecule has 1 aliphatic carbocycles. The molecule has 2 rings (SSSR count). The number of rotatable bonds is 4. The molecular weight excluding hydrogens is 266 g/mol. The van der Waals surface area contributed by atoms with Crippen LogP contribution in [0.1, 0.15) is 44.6 Å². The predicted octanol–water partition coefficient (Wildman–Crippen LogP) is 2.57. The summed E-state index contributed by atoms with van der Waals surface area (Å²) in [4.78, 5) is 12.2. The number of aryl methyl sites for hydroxylation is 1. The number of ether oxygens (including phenoxy) is 1. The van der Waals surface area contributed by atoms with E-state index in [2.05, 4.69) is 5.32 Å². The van der Waals surface area contributed by atoms with Crippen molar-refractivity contribution in [3.8, 4) is 5.75 Å². The highest BCUT2D eigenvalue weighted by molar-refractivity contribution is 5.81. The van der Waals surface area contributed by atoms with E-state index < -0.39 is 12.2 Å². The molecule has 2 N–H and O–H groups in total. The number of nitrogens with one attached hydrogen (secondary N) is 1. The quantitative estimate of drug-likeness (QED) is 0.838. The van der Waals surface area contributed by atoms with Crippen molar-refractivity contribution >= 4 is 5.91 Å². The first-order valence-electron chi connectivity index (χ1n) is 7.78. The molecule has 4 nitrogen and oxygen atoms in total. The lowest BCUT2D eigenvalue weighted by atomic mass is 10.1. The SMILES string of the molecule is Cc1ccc(OC(C)C(=O)NC2CCCCCC2O)cc1. The van der Waals surface area contributed by atoms with E-state index in [4.69, 9.17) is 4.74 Å². The summed E-state index contributed by atoms with van der Waals surface area (Å²) in [7, 11) is 0. The Hall–Kier alpha value is -1.55. The average Bonchev–Trinajstić information content (AvgIpc) is 2.66. The van der Waals surface area contributed by atoms with E-state index in [9.17, 15) is 9.90 Å². The van der Waals surface area contributed by atoms with Crippen molar-refractivity contribution in [2.45, 2.75) is 64.2 Å². The Morgan fingerprint density at radius 3 is 2.62 bits per heavy atom. The van der Waals surface area contributed by atoms with Crippen LogP contribution in [0.4, 0.5) is 0 Å². The van der Waals surface area contributed by atoms with Crippen LogP contribution in [0.5, 0.6) is 5.75 Å². The molecule has 1 aromatic carbocycles. The van der Waals surface area contributed by atoms with Gasteiger partial charge in [0.25, 0.3) is 5.91 Å². The van der Waals surface area contributed by atoms with E-state index in [1.807, 2.05) is 31.2 Å². The zero-order chi connectivity index (χ0) is 15.2. The second-order valence-electron chi connectivity index (χ2n) is 5.89. The van der Waals surface area contributed by atoms with Crippen molar-refractivity contribution in [2.24, 2.45) is 0 Å². The first-order valence-corrected chi connectivity index (χ1v) is 7.78. The van der Waals surface area contributed by atoms with Gasteiger partial charge in [-0.1, -0.05) is 37.0 Å².